The largest absolute Gasteiger partial charge is 0.355 e. The molecule has 24 heavy (non-hydrogen) atoms. The number of halogens is 1. The van der Waals surface area contributed by atoms with Crippen LogP contribution in [0.15, 0.2) is 36.5 Å². The van der Waals surface area contributed by atoms with Crippen molar-refractivity contribution in [3.63, 3.8) is 0 Å². The topological polar surface area (TPSA) is 57.3 Å². The van der Waals surface area contributed by atoms with Gasteiger partial charge in [-0.05, 0) is 63.8 Å². The second-order valence-electron chi connectivity index (χ2n) is 5.93. The Balaban J connectivity index is 2.00. The van der Waals surface area contributed by atoms with Crippen molar-refractivity contribution in [1.29, 1.82) is 0 Å². The summed E-state index contributed by atoms with van der Waals surface area (Å²) < 4.78 is 0. The highest BCUT2D eigenvalue weighted by molar-refractivity contribution is 6.30. The number of benzene rings is 1. The van der Waals surface area contributed by atoms with Gasteiger partial charge in [-0.2, -0.15) is 0 Å². The van der Waals surface area contributed by atoms with Crippen LogP contribution in [0.3, 0.4) is 0 Å². The fourth-order valence-corrected chi connectivity index (χ4v) is 2.38. The third-order valence-corrected chi connectivity index (χ3v) is 3.77. The number of hydrogen-bond acceptors (Lipinski definition) is 4. The van der Waals surface area contributed by atoms with Gasteiger partial charge in [0.05, 0.1) is 0 Å². The highest BCUT2D eigenvalue weighted by Crippen LogP contribution is 2.24. The average Bonchev–Trinajstić information content (AvgIpc) is 2.55. The predicted octanol–water partition coefficient (Wildman–Crippen LogP) is 3.47. The monoisotopic (exact) mass is 346 g/mol. The van der Waals surface area contributed by atoms with Crippen LogP contribution in [-0.4, -0.2) is 43.0 Å². The molecule has 5 nitrogen and oxygen atoms in total. The molecule has 2 aromatic rings. The first-order valence-electron chi connectivity index (χ1n) is 7.88. The van der Waals surface area contributed by atoms with E-state index in [0.717, 1.165) is 29.9 Å². The smallest absolute Gasteiger partial charge is 0.269 e. The van der Waals surface area contributed by atoms with E-state index in [0.29, 0.717) is 17.3 Å². The normalized spacial score (nSPS) is 10.7. The summed E-state index contributed by atoms with van der Waals surface area (Å²) in [6.45, 7) is 3.56. The minimum absolute atomic E-state index is 0.166. The number of aromatic nitrogens is 1. The van der Waals surface area contributed by atoms with Crippen molar-refractivity contribution in [2.75, 3.05) is 32.5 Å². The van der Waals surface area contributed by atoms with Crippen LogP contribution in [-0.2, 0) is 0 Å². The Morgan fingerprint density at radius 3 is 2.79 bits per heavy atom. The zero-order valence-electron chi connectivity index (χ0n) is 14.3. The molecule has 0 atom stereocenters. The van der Waals surface area contributed by atoms with Crippen LogP contribution < -0.4 is 10.6 Å². The van der Waals surface area contributed by atoms with Gasteiger partial charge < -0.3 is 15.5 Å². The summed E-state index contributed by atoms with van der Waals surface area (Å²) in [5.41, 5.74) is 3.18. The SMILES string of the molecule is Cc1ccc(Cl)cc1Nc1ccnc(C(=O)NCCCN(C)C)c1. The van der Waals surface area contributed by atoms with Crippen molar-refractivity contribution in [1.82, 2.24) is 15.2 Å². The zero-order chi connectivity index (χ0) is 17.5. The molecular weight excluding hydrogens is 324 g/mol. The first-order valence-corrected chi connectivity index (χ1v) is 8.25. The molecule has 1 aromatic heterocycles. The predicted molar refractivity (Wildman–Crippen MR) is 99.2 cm³/mol. The third kappa shape index (κ3) is 5.51. The summed E-state index contributed by atoms with van der Waals surface area (Å²) in [4.78, 5) is 18.4. The number of aryl methyl sites for hydroxylation is 1. The van der Waals surface area contributed by atoms with E-state index in [-0.39, 0.29) is 5.91 Å². The Bertz CT molecular complexity index is 703. The minimum Gasteiger partial charge on any atom is -0.355 e. The van der Waals surface area contributed by atoms with Gasteiger partial charge in [0.2, 0.25) is 0 Å². The number of hydrogen-bond donors (Lipinski definition) is 2. The van der Waals surface area contributed by atoms with E-state index < -0.39 is 0 Å². The molecule has 2 N–H and O–H groups in total. The molecule has 0 aliphatic heterocycles. The first kappa shape index (κ1) is 18.2. The van der Waals surface area contributed by atoms with Gasteiger partial charge in [0.15, 0.2) is 0 Å². The van der Waals surface area contributed by atoms with Crippen LogP contribution >= 0.6 is 11.6 Å². The van der Waals surface area contributed by atoms with E-state index >= 15 is 0 Å². The van der Waals surface area contributed by atoms with E-state index in [1.54, 1.807) is 12.3 Å². The number of carbonyl (C=O) groups is 1. The van der Waals surface area contributed by atoms with Gasteiger partial charge >= 0.3 is 0 Å². The fraction of sp³-hybridized carbons (Fsp3) is 0.333. The average molecular weight is 347 g/mol. The van der Waals surface area contributed by atoms with E-state index in [2.05, 4.69) is 20.5 Å². The van der Waals surface area contributed by atoms with E-state index in [9.17, 15) is 4.79 Å². The molecule has 0 bridgehead atoms. The Kier molecular flexibility index (Phi) is 6.58. The van der Waals surface area contributed by atoms with E-state index in [1.807, 2.05) is 45.3 Å². The number of rotatable bonds is 7. The molecule has 6 heteroatoms. The van der Waals surface area contributed by atoms with Gasteiger partial charge in [-0.15, -0.1) is 0 Å². The molecule has 0 saturated carbocycles. The third-order valence-electron chi connectivity index (χ3n) is 3.54. The molecule has 128 valence electrons. The van der Waals surface area contributed by atoms with Crippen molar-refractivity contribution in [2.45, 2.75) is 13.3 Å². The van der Waals surface area contributed by atoms with Crippen molar-refractivity contribution < 1.29 is 4.79 Å². The van der Waals surface area contributed by atoms with Crippen LogP contribution in [0.2, 0.25) is 5.02 Å². The molecule has 0 radical (unpaired) electrons. The van der Waals surface area contributed by atoms with E-state index in [1.165, 1.54) is 0 Å². The molecule has 0 fully saturated rings. The Morgan fingerprint density at radius 2 is 2.04 bits per heavy atom. The van der Waals surface area contributed by atoms with Crippen LogP contribution in [0.4, 0.5) is 11.4 Å². The van der Waals surface area contributed by atoms with Crippen molar-refractivity contribution in [3.05, 3.63) is 52.8 Å². The number of nitrogens with one attached hydrogen (secondary N) is 2. The van der Waals surface area contributed by atoms with Gasteiger partial charge in [-0.25, -0.2) is 0 Å². The molecule has 2 rings (SSSR count). The molecule has 0 aliphatic carbocycles. The van der Waals surface area contributed by atoms with Gasteiger partial charge in [-0.1, -0.05) is 17.7 Å². The molecule has 1 amide bonds. The lowest BCUT2D eigenvalue weighted by molar-refractivity contribution is 0.0947. The summed E-state index contributed by atoms with van der Waals surface area (Å²) in [7, 11) is 4.02. The lowest BCUT2D eigenvalue weighted by Gasteiger charge is -2.12. The summed E-state index contributed by atoms with van der Waals surface area (Å²) in [5, 5.41) is 6.83. The van der Waals surface area contributed by atoms with E-state index in [4.69, 9.17) is 11.6 Å². The molecule has 0 spiro atoms. The summed E-state index contributed by atoms with van der Waals surface area (Å²) in [6.07, 6.45) is 2.52. The fourth-order valence-electron chi connectivity index (χ4n) is 2.20. The number of pyridine rings is 1. The molecule has 0 aliphatic rings. The Labute approximate surface area is 148 Å². The highest BCUT2D eigenvalue weighted by Gasteiger charge is 2.08. The second kappa shape index (κ2) is 8.66. The van der Waals surface area contributed by atoms with Crippen LogP contribution in [0, 0.1) is 6.92 Å². The highest BCUT2D eigenvalue weighted by atomic mass is 35.5. The quantitative estimate of drug-likeness (QED) is 0.754. The Hall–Kier alpha value is -2.11. The van der Waals surface area contributed by atoms with Crippen LogP contribution in [0.1, 0.15) is 22.5 Å². The van der Waals surface area contributed by atoms with Crippen molar-refractivity contribution >= 4 is 28.9 Å². The van der Waals surface area contributed by atoms with Crippen LogP contribution in [0.5, 0.6) is 0 Å². The zero-order valence-corrected chi connectivity index (χ0v) is 15.0. The maximum Gasteiger partial charge on any atom is 0.269 e. The summed E-state index contributed by atoms with van der Waals surface area (Å²) in [5.74, 6) is -0.166. The van der Waals surface area contributed by atoms with Crippen molar-refractivity contribution in [3.8, 4) is 0 Å². The van der Waals surface area contributed by atoms with Gasteiger partial charge in [0, 0.05) is 29.1 Å². The van der Waals surface area contributed by atoms with Gasteiger partial charge in [-0.3, -0.25) is 9.78 Å². The number of carbonyl (C=O) groups excluding carboxylic acids is 1. The second-order valence-corrected chi connectivity index (χ2v) is 6.36. The molecule has 0 saturated heterocycles. The van der Waals surface area contributed by atoms with Crippen LogP contribution in [0.25, 0.3) is 0 Å². The standard InChI is InChI=1S/C18H23ClN4O/c1-13-5-6-14(19)11-16(13)22-15-7-9-20-17(12-15)18(24)21-8-4-10-23(2)3/h5-7,9,11-12H,4,8,10H2,1-3H3,(H,20,22)(H,21,24). The minimum atomic E-state index is -0.166. The first-order chi connectivity index (χ1) is 11.5. The lowest BCUT2D eigenvalue weighted by atomic mass is 10.2. The maximum atomic E-state index is 12.2. The Morgan fingerprint density at radius 1 is 1.25 bits per heavy atom. The lowest BCUT2D eigenvalue weighted by Crippen LogP contribution is -2.27. The van der Waals surface area contributed by atoms with Gasteiger partial charge in [0.1, 0.15) is 5.69 Å². The molecule has 1 aromatic carbocycles. The number of nitrogens with zero attached hydrogens (tertiary/aromatic N) is 2. The maximum absolute atomic E-state index is 12.2. The summed E-state index contributed by atoms with van der Waals surface area (Å²) in [6, 6.07) is 9.22. The number of anilines is 2. The van der Waals surface area contributed by atoms with Gasteiger partial charge in [0.25, 0.3) is 5.91 Å². The van der Waals surface area contributed by atoms with Crippen molar-refractivity contribution in [2.24, 2.45) is 0 Å². The number of amides is 1. The molecular formula is C18H23ClN4O. The molecule has 0 unspecified atom stereocenters. The molecule has 1 heterocycles. The summed E-state index contributed by atoms with van der Waals surface area (Å²) >= 11 is 6.04.